The minimum absolute atomic E-state index is 0.229. The van der Waals surface area contributed by atoms with Crippen LogP contribution in [0.25, 0.3) is 0 Å². The van der Waals surface area contributed by atoms with E-state index in [4.69, 9.17) is 28.4 Å². The average molecular weight is 1480 g/mol. The molecule has 14 N–H and O–H groups in total. The van der Waals surface area contributed by atoms with E-state index in [2.05, 4.69) is 24.5 Å². The maximum absolute atomic E-state index is 13.5. The quantitative estimate of drug-likeness (QED) is 0.0252. The van der Waals surface area contributed by atoms with Crippen molar-refractivity contribution >= 4 is 17.8 Å². The van der Waals surface area contributed by atoms with E-state index >= 15 is 0 Å². The first-order valence-corrected chi connectivity index (χ1v) is 41.9. The summed E-state index contributed by atoms with van der Waals surface area (Å²) in [6.45, 7) is 2.22. The summed E-state index contributed by atoms with van der Waals surface area (Å²) < 4.78 is 34.9. The Balaban J connectivity index is 1.35. The Morgan fingerprint density at radius 2 is 0.845 bits per heavy atom. The van der Waals surface area contributed by atoms with E-state index in [1.54, 1.807) is 0 Å². The van der Waals surface area contributed by atoms with Crippen LogP contribution in [0.2, 0.25) is 0 Å². The van der Waals surface area contributed by atoms with Crippen LogP contribution in [-0.4, -0.2) is 215 Å². The number of nitrogens with one attached hydrogen (secondary N) is 2. The average Bonchev–Trinajstić information content (AvgIpc) is 0.755. The standard InChI is InChI=1S/C80H152N2O21/c1-4-6-8-10-12-14-16-17-18-19-20-21-22-23-24-25-26-27-28-29-30-31-32-33-34-35-36-37-38-39-40-41-42-43-44-46-48-50-52-54-67(90)82-61(62(87)53-51-49-47-45-15-13-11-9-7-5-2)59-98-77-72(94)71(93)74(66(58-85)100-77)101-78-73(95)76(70(92)65(57-84)99-78)103-80(79(96)97)55-63(88)68(81-60(3)86)75(102-80)69(91)64(89)56-83/h61-66,68-78,83-85,87-89,91-95H,4-59H2,1-3H3,(H,81,86)(H,82,90)(H,96,97). The van der Waals surface area contributed by atoms with Crippen LogP contribution < -0.4 is 10.6 Å². The molecule has 0 aliphatic carbocycles. The van der Waals surface area contributed by atoms with E-state index in [1.165, 1.54) is 257 Å². The maximum Gasteiger partial charge on any atom is 0.364 e. The van der Waals surface area contributed by atoms with E-state index in [0.29, 0.717) is 19.3 Å². The van der Waals surface area contributed by atoms with Gasteiger partial charge in [0.2, 0.25) is 11.8 Å². The zero-order valence-corrected chi connectivity index (χ0v) is 64.5. The molecule has 0 radical (unpaired) electrons. The summed E-state index contributed by atoms with van der Waals surface area (Å²) in [5.74, 6) is -6.09. The van der Waals surface area contributed by atoms with Crippen molar-refractivity contribution in [2.75, 3.05) is 26.4 Å². The summed E-state index contributed by atoms with van der Waals surface area (Å²) in [5, 5.41) is 136. The molecule has 0 spiro atoms. The van der Waals surface area contributed by atoms with Crippen LogP contribution in [0.3, 0.4) is 0 Å². The molecular weight excluding hydrogens is 1320 g/mol. The second-order valence-electron chi connectivity index (χ2n) is 30.7. The summed E-state index contributed by atoms with van der Waals surface area (Å²) in [5.41, 5.74) is 0. The van der Waals surface area contributed by atoms with E-state index in [0.717, 1.165) is 51.9 Å². The molecule has 608 valence electrons. The van der Waals surface area contributed by atoms with E-state index in [9.17, 15) is 75.7 Å². The third-order valence-corrected chi connectivity index (χ3v) is 21.6. The van der Waals surface area contributed by atoms with Gasteiger partial charge in [-0.1, -0.05) is 322 Å². The molecule has 23 heteroatoms. The number of carboxylic acids is 1. The molecule has 3 fully saturated rings. The number of amides is 2. The summed E-state index contributed by atoms with van der Waals surface area (Å²) in [6, 6.07) is -2.52. The normalized spacial score (nSPS) is 26.4. The fraction of sp³-hybridized carbons (Fsp3) is 0.963. The number of aliphatic hydroxyl groups is 11. The molecule has 3 aliphatic heterocycles. The third kappa shape index (κ3) is 39.8. The van der Waals surface area contributed by atoms with Crippen molar-refractivity contribution in [1.29, 1.82) is 0 Å². The van der Waals surface area contributed by atoms with Crippen molar-refractivity contribution < 1.29 is 104 Å². The molecule has 0 aromatic rings. The topological polar surface area (TPSA) is 373 Å². The molecule has 3 rings (SSSR count). The molecule has 3 saturated heterocycles. The van der Waals surface area contributed by atoms with Crippen LogP contribution in [0.5, 0.6) is 0 Å². The number of hydrogen-bond donors (Lipinski definition) is 14. The fourth-order valence-corrected chi connectivity index (χ4v) is 15.0. The van der Waals surface area contributed by atoms with Gasteiger partial charge in [-0.05, 0) is 12.8 Å². The zero-order valence-electron chi connectivity index (χ0n) is 64.5. The van der Waals surface area contributed by atoms with Crippen LogP contribution in [-0.2, 0) is 42.8 Å². The van der Waals surface area contributed by atoms with Gasteiger partial charge < -0.3 is 100 Å². The van der Waals surface area contributed by atoms with Crippen LogP contribution in [0.1, 0.15) is 355 Å². The largest absolute Gasteiger partial charge is 0.477 e. The van der Waals surface area contributed by atoms with Crippen LogP contribution >= 0.6 is 0 Å². The van der Waals surface area contributed by atoms with Crippen LogP contribution in [0.15, 0.2) is 0 Å². The zero-order chi connectivity index (χ0) is 75.3. The second kappa shape index (κ2) is 59.6. The Kier molecular flexibility index (Phi) is 54.9. The van der Waals surface area contributed by atoms with Crippen molar-refractivity contribution in [3.63, 3.8) is 0 Å². The van der Waals surface area contributed by atoms with Gasteiger partial charge in [-0.2, -0.15) is 0 Å². The molecule has 0 aromatic heterocycles. The monoisotopic (exact) mass is 1480 g/mol. The Morgan fingerprint density at radius 1 is 0.466 bits per heavy atom. The minimum Gasteiger partial charge on any atom is -0.477 e. The minimum atomic E-state index is -3.08. The molecule has 0 aromatic carbocycles. The van der Waals surface area contributed by atoms with Crippen molar-refractivity contribution in [1.82, 2.24) is 10.6 Å². The van der Waals surface area contributed by atoms with Gasteiger partial charge in [0, 0.05) is 19.8 Å². The highest BCUT2D eigenvalue weighted by molar-refractivity contribution is 5.77. The predicted octanol–water partition coefficient (Wildman–Crippen LogP) is 11.6. The number of carbonyl (C=O) groups excluding carboxylic acids is 2. The number of hydrogen-bond acceptors (Lipinski definition) is 20. The lowest BCUT2D eigenvalue weighted by molar-refractivity contribution is -0.386. The Bertz CT molecular complexity index is 2050. The van der Waals surface area contributed by atoms with E-state index < -0.39 is 148 Å². The Morgan fingerprint density at radius 3 is 1.21 bits per heavy atom. The lowest BCUT2D eigenvalue weighted by Gasteiger charge is -2.50. The molecular formula is C80H152N2O21. The number of unbranched alkanes of at least 4 members (excludes halogenated alkanes) is 47. The van der Waals surface area contributed by atoms with Crippen LogP contribution in [0.4, 0.5) is 0 Å². The number of ether oxygens (including phenoxy) is 6. The van der Waals surface area contributed by atoms with Gasteiger partial charge in [0.25, 0.3) is 5.79 Å². The smallest absolute Gasteiger partial charge is 0.364 e. The van der Waals surface area contributed by atoms with Crippen molar-refractivity contribution in [2.24, 2.45) is 0 Å². The molecule has 0 saturated carbocycles. The van der Waals surface area contributed by atoms with Gasteiger partial charge in [0.15, 0.2) is 12.6 Å². The van der Waals surface area contributed by atoms with Gasteiger partial charge >= 0.3 is 5.97 Å². The number of carboxylic acid groups (broad SMARTS) is 1. The molecule has 18 unspecified atom stereocenters. The summed E-state index contributed by atoms with van der Waals surface area (Å²) in [4.78, 5) is 38.6. The molecule has 23 nitrogen and oxygen atoms in total. The van der Waals surface area contributed by atoms with Gasteiger partial charge in [-0.15, -0.1) is 0 Å². The predicted molar refractivity (Wildman–Crippen MR) is 399 cm³/mol. The van der Waals surface area contributed by atoms with Gasteiger partial charge in [-0.3, -0.25) is 9.59 Å². The highest BCUT2D eigenvalue weighted by Gasteiger charge is 2.60. The summed E-state index contributed by atoms with van der Waals surface area (Å²) in [6.07, 6.45) is 34.7. The van der Waals surface area contributed by atoms with Gasteiger partial charge in [0.1, 0.15) is 67.1 Å². The molecule has 0 bridgehead atoms. The maximum atomic E-state index is 13.5. The first kappa shape index (κ1) is 94.9. The number of aliphatic hydroxyl groups excluding tert-OH is 11. The second-order valence-corrected chi connectivity index (χ2v) is 30.7. The van der Waals surface area contributed by atoms with E-state index in [-0.39, 0.29) is 18.9 Å². The lowest BCUT2D eigenvalue weighted by Crippen LogP contribution is -2.70. The van der Waals surface area contributed by atoms with Crippen molar-refractivity contribution in [3.8, 4) is 0 Å². The van der Waals surface area contributed by atoms with E-state index in [1.807, 2.05) is 0 Å². The summed E-state index contributed by atoms with van der Waals surface area (Å²) >= 11 is 0. The van der Waals surface area contributed by atoms with Crippen LogP contribution in [0, 0.1) is 0 Å². The van der Waals surface area contributed by atoms with Crippen molar-refractivity contribution in [3.05, 3.63) is 0 Å². The lowest BCUT2D eigenvalue weighted by atomic mass is 9.88. The number of rotatable bonds is 67. The number of aliphatic carboxylic acids is 1. The molecule has 3 heterocycles. The fourth-order valence-electron chi connectivity index (χ4n) is 15.0. The highest BCUT2D eigenvalue weighted by Crippen LogP contribution is 2.39. The Hall–Kier alpha value is -2.27. The Labute approximate surface area is 620 Å². The first-order chi connectivity index (χ1) is 49.9. The molecule has 18 atom stereocenters. The van der Waals surface area contributed by atoms with Gasteiger partial charge in [-0.25, -0.2) is 4.79 Å². The SMILES string of the molecule is CCCCCCCCCCCCCCCCCCCCCCCCCCCCCCCCCCCCCCCCCC(=O)NC(COC1OC(CO)C(OC2OC(CO)C(O)C(OC3(C(=O)O)CC(O)C(NC(C)=O)C(C(O)C(O)CO)O3)C2O)C(O)C1O)C(O)CCCCCCCCCCCC. The molecule has 103 heavy (non-hydrogen) atoms. The first-order valence-electron chi connectivity index (χ1n) is 41.9. The molecule has 2 amide bonds. The van der Waals surface area contributed by atoms with Gasteiger partial charge in [0.05, 0.1) is 50.7 Å². The molecule has 3 aliphatic rings. The summed E-state index contributed by atoms with van der Waals surface area (Å²) in [7, 11) is 0. The number of carbonyl (C=O) groups is 3. The highest BCUT2D eigenvalue weighted by atomic mass is 16.8. The third-order valence-electron chi connectivity index (χ3n) is 21.6. The van der Waals surface area contributed by atoms with Crippen molar-refractivity contribution in [2.45, 2.75) is 464 Å².